The van der Waals surface area contributed by atoms with Gasteiger partial charge >= 0.3 is 0 Å². The average molecular weight is 516 g/mol. The third kappa shape index (κ3) is 5.64. The summed E-state index contributed by atoms with van der Waals surface area (Å²) in [6, 6.07) is 16.6. The van der Waals surface area contributed by atoms with Gasteiger partial charge in [0.2, 0.25) is 0 Å². The summed E-state index contributed by atoms with van der Waals surface area (Å²) in [5, 5.41) is 1.08. The molecule has 1 atom stereocenters. The van der Waals surface area contributed by atoms with Crippen LogP contribution in [0.25, 0.3) is 22.0 Å². The Bertz CT molecular complexity index is 1230. The molecule has 3 saturated heterocycles. The number of pyridine rings is 1. The number of amides is 1. The van der Waals surface area contributed by atoms with Crippen molar-refractivity contribution in [3.8, 4) is 22.6 Å². The number of likely N-dealkylation sites (tertiary alicyclic amines) is 2. The van der Waals surface area contributed by atoms with Crippen LogP contribution < -0.4 is 9.47 Å². The molecule has 1 amide bonds. The van der Waals surface area contributed by atoms with Gasteiger partial charge in [-0.2, -0.15) is 0 Å². The van der Waals surface area contributed by atoms with E-state index < -0.39 is 0 Å². The molecule has 0 bridgehead atoms. The Morgan fingerprint density at radius 2 is 1.76 bits per heavy atom. The van der Waals surface area contributed by atoms with Crippen molar-refractivity contribution < 1.29 is 19.0 Å². The first-order valence-corrected chi connectivity index (χ1v) is 14.1. The van der Waals surface area contributed by atoms with Gasteiger partial charge in [0.25, 0.3) is 5.91 Å². The molecule has 0 N–H and O–H groups in total. The van der Waals surface area contributed by atoms with Gasteiger partial charge in [0, 0.05) is 56.2 Å². The Morgan fingerprint density at radius 3 is 2.53 bits per heavy atom. The number of piperidine rings is 1. The van der Waals surface area contributed by atoms with E-state index in [1.165, 1.54) is 12.8 Å². The molecule has 6 rings (SSSR count). The highest BCUT2D eigenvalue weighted by Gasteiger charge is 2.31. The predicted octanol–water partition coefficient (Wildman–Crippen LogP) is 4.93. The van der Waals surface area contributed by atoms with Gasteiger partial charge in [0.15, 0.2) is 5.75 Å². The van der Waals surface area contributed by atoms with Crippen LogP contribution in [0.4, 0.5) is 0 Å². The third-order valence-electron chi connectivity index (χ3n) is 8.01. The summed E-state index contributed by atoms with van der Waals surface area (Å²) < 4.78 is 18.3. The predicted molar refractivity (Wildman–Crippen MR) is 148 cm³/mol. The Hall–Kier alpha value is -3.16. The summed E-state index contributed by atoms with van der Waals surface area (Å²) in [4.78, 5) is 21.7. The molecular formula is C31H37N3O4. The van der Waals surface area contributed by atoms with Crippen molar-refractivity contribution in [3.05, 3.63) is 54.7 Å². The topological polar surface area (TPSA) is 64.1 Å². The van der Waals surface area contributed by atoms with Gasteiger partial charge in [0.1, 0.15) is 30.1 Å². The zero-order valence-corrected chi connectivity index (χ0v) is 22.0. The maximum absolute atomic E-state index is 12.6. The third-order valence-corrected chi connectivity index (χ3v) is 8.01. The monoisotopic (exact) mass is 515 g/mol. The minimum atomic E-state index is -0.237. The quantitative estimate of drug-likeness (QED) is 0.424. The summed E-state index contributed by atoms with van der Waals surface area (Å²) in [5.74, 6) is 1.85. The standard InChI is InChI=1S/C31H37N3O4/c35-31(28-6-4-21-36-28)34-18-13-26(14-19-34)38-25-10-7-23(8-11-25)27-12-9-24-5-3-15-32-29(24)30(27)37-22-20-33-16-1-2-17-33/h3,5,7-12,15,26,28H,1-2,4,6,13-14,16-22H2/t28-/m1/s1. The Balaban J connectivity index is 1.11. The van der Waals surface area contributed by atoms with Crippen LogP contribution in [-0.4, -0.2) is 78.8 Å². The van der Waals surface area contributed by atoms with Crippen LogP contribution in [0, 0.1) is 0 Å². The van der Waals surface area contributed by atoms with E-state index in [2.05, 4.69) is 40.2 Å². The van der Waals surface area contributed by atoms with Crippen LogP contribution in [0.3, 0.4) is 0 Å². The van der Waals surface area contributed by atoms with Crippen LogP contribution in [0.2, 0.25) is 0 Å². The molecule has 38 heavy (non-hydrogen) atoms. The first-order valence-electron chi connectivity index (χ1n) is 14.1. The van der Waals surface area contributed by atoms with Crippen molar-refractivity contribution in [1.82, 2.24) is 14.8 Å². The Labute approximate surface area is 224 Å². The highest BCUT2D eigenvalue weighted by Crippen LogP contribution is 2.37. The van der Waals surface area contributed by atoms with Crippen molar-refractivity contribution >= 4 is 16.8 Å². The number of carbonyl (C=O) groups excluding carboxylic acids is 1. The molecule has 3 aliphatic heterocycles. The second kappa shape index (κ2) is 11.7. The molecule has 0 saturated carbocycles. The summed E-state index contributed by atoms with van der Waals surface area (Å²) in [5.41, 5.74) is 3.03. The average Bonchev–Trinajstić information content (AvgIpc) is 3.69. The molecule has 3 aromatic rings. The summed E-state index contributed by atoms with van der Waals surface area (Å²) in [6.45, 7) is 6.07. The smallest absolute Gasteiger partial charge is 0.251 e. The molecule has 1 aromatic heterocycles. The number of carbonyl (C=O) groups is 1. The van der Waals surface area contributed by atoms with Crippen molar-refractivity contribution in [1.29, 1.82) is 0 Å². The number of hydrogen-bond donors (Lipinski definition) is 0. The molecule has 4 heterocycles. The van der Waals surface area contributed by atoms with Gasteiger partial charge in [-0.15, -0.1) is 0 Å². The van der Waals surface area contributed by atoms with Gasteiger partial charge < -0.3 is 19.1 Å². The lowest BCUT2D eigenvalue weighted by Gasteiger charge is -2.33. The zero-order chi connectivity index (χ0) is 25.7. The second-order valence-corrected chi connectivity index (χ2v) is 10.6. The lowest BCUT2D eigenvalue weighted by molar-refractivity contribution is -0.142. The molecule has 3 aliphatic rings. The van der Waals surface area contributed by atoms with Gasteiger partial charge in [-0.25, -0.2) is 0 Å². The maximum Gasteiger partial charge on any atom is 0.251 e. The number of rotatable bonds is 8. The van der Waals surface area contributed by atoms with Crippen LogP contribution in [-0.2, 0) is 9.53 Å². The van der Waals surface area contributed by atoms with Crippen LogP contribution in [0.1, 0.15) is 38.5 Å². The van der Waals surface area contributed by atoms with E-state index in [0.717, 1.165) is 91.9 Å². The van der Waals surface area contributed by atoms with Crippen LogP contribution in [0.5, 0.6) is 11.5 Å². The number of benzene rings is 2. The van der Waals surface area contributed by atoms with Crippen molar-refractivity contribution in [2.75, 3.05) is 45.9 Å². The maximum atomic E-state index is 12.6. The van der Waals surface area contributed by atoms with Gasteiger partial charge in [-0.3, -0.25) is 14.7 Å². The minimum absolute atomic E-state index is 0.115. The highest BCUT2D eigenvalue weighted by molar-refractivity contribution is 5.92. The second-order valence-electron chi connectivity index (χ2n) is 10.6. The van der Waals surface area contributed by atoms with Crippen molar-refractivity contribution in [2.45, 2.75) is 50.7 Å². The van der Waals surface area contributed by atoms with E-state index in [4.69, 9.17) is 14.2 Å². The van der Waals surface area contributed by atoms with E-state index in [0.29, 0.717) is 13.2 Å². The first-order chi connectivity index (χ1) is 18.7. The van der Waals surface area contributed by atoms with Gasteiger partial charge in [-0.05, 0) is 68.6 Å². The lowest BCUT2D eigenvalue weighted by Crippen LogP contribution is -2.45. The molecule has 3 fully saturated rings. The Morgan fingerprint density at radius 1 is 0.947 bits per heavy atom. The molecule has 0 unspecified atom stereocenters. The normalized spacial score (nSPS) is 20.7. The van der Waals surface area contributed by atoms with E-state index in [1.807, 2.05) is 29.3 Å². The lowest BCUT2D eigenvalue weighted by atomic mass is 10.0. The molecule has 0 radical (unpaired) electrons. The molecular weight excluding hydrogens is 478 g/mol. The number of hydrogen-bond acceptors (Lipinski definition) is 6. The highest BCUT2D eigenvalue weighted by atomic mass is 16.5. The molecule has 200 valence electrons. The molecule has 7 heteroatoms. The van der Waals surface area contributed by atoms with Crippen molar-refractivity contribution in [3.63, 3.8) is 0 Å². The van der Waals surface area contributed by atoms with Crippen LogP contribution >= 0.6 is 0 Å². The largest absolute Gasteiger partial charge is 0.490 e. The zero-order valence-electron chi connectivity index (χ0n) is 22.0. The first kappa shape index (κ1) is 25.1. The molecule has 0 spiro atoms. The number of fused-ring (bicyclic) bond motifs is 1. The minimum Gasteiger partial charge on any atom is -0.490 e. The van der Waals surface area contributed by atoms with Gasteiger partial charge in [0.05, 0.1) is 0 Å². The van der Waals surface area contributed by atoms with E-state index in [9.17, 15) is 4.79 Å². The summed E-state index contributed by atoms with van der Waals surface area (Å²) in [6.07, 6.45) is 7.77. The number of ether oxygens (including phenoxy) is 3. The Kier molecular flexibility index (Phi) is 7.74. The number of aromatic nitrogens is 1. The fourth-order valence-corrected chi connectivity index (χ4v) is 5.85. The van der Waals surface area contributed by atoms with Crippen molar-refractivity contribution in [2.24, 2.45) is 0 Å². The number of nitrogens with zero attached hydrogens (tertiary/aromatic N) is 3. The summed E-state index contributed by atoms with van der Waals surface area (Å²) in [7, 11) is 0. The molecule has 7 nitrogen and oxygen atoms in total. The summed E-state index contributed by atoms with van der Waals surface area (Å²) >= 11 is 0. The molecule has 0 aliphatic carbocycles. The van der Waals surface area contributed by atoms with Gasteiger partial charge in [-0.1, -0.05) is 24.3 Å². The fraction of sp³-hybridized carbons (Fsp3) is 0.484. The SMILES string of the molecule is O=C([C@H]1CCCO1)N1CCC(Oc2ccc(-c3ccc4cccnc4c3OCCN3CCCC3)cc2)CC1. The fourth-order valence-electron chi connectivity index (χ4n) is 5.85. The van der Waals surface area contributed by atoms with E-state index in [1.54, 1.807) is 0 Å². The molecule has 2 aromatic carbocycles. The van der Waals surface area contributed by atoms with E-state index in [-0.39, 0.29) is 18.1 Å². The van der Waals surface area contributed by atoms with Crippen LogP contribution in [0.15, 0.2) is 54.7 Å². The van der Waals surface area contributed by atoms with E-state index >= 15 is 0 Å².